The first-order chi connectivity index (χ1) is 7.50. The van der Waals surface area contributed by atoms with Crippen LogP contribution < -0.4 is 0 Å². The molecule has 0 spiro atoms. The quantitative estimate of drug-likeness (QED) is 0.714. The van der Waals surface area contributed by atoms with E-state index in [2.05, 4.69) is 13.8 Å². The Bertz CT molecular complexity index is 397. The molecule has 0 aromatic heterocycles. The predicted octanol–water partition coefficient (Wildman–Crippen LogP) is 2.84. The van der Waals surface area contributed by atoms with Crippen molar-refractivity contribution in [3.05, 3.63) is 35.6 Å². The molecular weight excluding hydrogens is 205 g/mol. The van der Waals surface area contributed by atoms with Gasteiger partial charge < -0.3 is 4.90 Å². The molecule has 1 aromatic carbocycles. The molecule has 1 aliphatic rings. The third kappa shape index (κ3) is 1.94. The van der Waals surface area contributed by atoms with Crippen LogP contribution in [-0.4, -0.2) is 22.9 Å². The van der Waals surface area contributed by atoms with Gasteiger partial charge in [-0.3, -0.25) is 4.79 Å². The lowest BCUT2D eigenvalue weighted by Crippen LogP contribution is -2.42. The predicted molar refractivity (Wildman–Crippen MR) is 60.7 cm³/mol. The van der Waals surface area contributed by atoms with Crippen LogP contribution in [0.1, 0.15) is 37.0 Å². The number of carbonyl (C=O) groups excluding carboxylic acids is 1. The Balaban J connectivity index is 2.22. The number of hydrogen-bond acceptors (Lipinski definition) is 1. The Labute approximate surface area is 95.1 Å². The number of carbonyl (C=O) groups is 1. The van der Waals surface area contributed by atoms with Gasteiger partial charge in [-0.05, 0) is 51.0 Å². The zero-order valence-corrected chi connectivity index (χ0v) is 9.66. The number of halogens is 1. The van der Waals surface area contributed by atoms with Gasteiger partial charge in [-0.25, -0.2) is 4.39 Å². The third-order valence-corrected chi connectivity index (χ3v) is 3.24. The van der Waals surface area contributed by atoms with E-state index in [1.807, 2.05) is 4.90 Å². The van der Waals surface area contributed by atoms with Gasteiger partial charge in [-0.1, -0.05) is 0 Å². The molecule has 0 N–H and O–H groups in total. The second-order valence-electron chi connectivity index (χ2n) is 4.88. The molecule has 2 nitrogen and oxygen atoms in total. The highest BCUT2D eigenvalue weighted by molar-refractivity contribution is 5.94. The summed E-state index contributed by atoms with van der Waals surface area (Å²) in [5.74, 6) is -0.306. The molecule has 0 unspecified atom stereocenters. The maximum Gasteiger partial charge on any atom is 0.254 e. The molecule has 16 heavy (non-hydrogen) atoms. The van der Waals surface area contributed by atoms with Crippen LogP contribution in [0.4, 0.5) is 4.39 Å². The van der Waals surface area contributed by atoms with E-state index in [4.69, 9.17) is 0 Å². The van der Waals surface area contributed by atoms with E-state index in [0.29, 0.717) is 5.56 Å². The fourth-order valence-electron chi connectivity index (χ4n) is 2.23. The molecule has 1 saturated heterocycles. The van der Waals surface area contributed by atoms with Gasteiger partial charge in [-0.15, -0.1) is 0 Å². The van der Waals surface area contributed by atoms with Gasteiger partial charge in [0.15, 0.2) is 0 Å². The van der Waals surface area contributed by atoms with Gasteiger partial charge in [0.2, 0.25) is 0 Å². The second-order valence-corrected chi connectivity index (χ2v) is 4.88. The Hall–Kier alpha value is -1.38. The summed E-state index contributed by atoms with van der Waals surface area (Å²) in [6.45, 7) is 4.94. The summed E-state index contributed by atoms with van der Waals surface area (Å²) in [4.78, 5) is 14.1. The molecule has 0 radical (unpaired) electrons. The maximum absolute atomic E-state index is 12.8. The van der Waals surface area contributed by atoms with Crippen LogP contribution in [0, 0.1) is 5.82 Å². The minimum absolute atomic E-state index is 0.00231. The minimum atomic E-state index is -0.308. The molecule has 2 rings (SSSR count). The highest BCUT2D eigenvalue weighted by Gasteiger charge is 2.35. The number of amides is 1. The van der Waals surface area contributed by atoms with Gasteiger partial charge in [0.1, 0.15) is 5.82 Å². The molecule has 0 atom stereocenters. The van der Waals surface area contributed by atoms with E-state index in [0.717, 1.165) is 19.4 Å². The SMILES string of the molecule is CC1(C)CCCN1C(=O)c1ccc(F)cc1. The average Bonchev–Trinajstić information content (AvgIpc) is 2.58. The summed E-state index contributed by atoms with van der Waals surface area (Å²) in [7, 11) is 0. The van der Waals surface area contributed by atoms with Gasteiger partial charge in [0, 0.05) is 17.6 Å². The van der Waals surface area contributed by atoms with Crippen molar-refractivity contribution in [1.29, 1.82) is 0 Å². The number of likely N-dealkylation sites (tertiary alicyclic amines) is 1. The summed E-state index contributed by atoms with van der Waals surface area (Å²) in [5, 5.41) is 0. The topological polar surface area (TPSA) is 20.3 Å². The number of hydrogen-bond donors (Lipinski definition) is 0. The summed E-state index contributed by atoms with van der Waals surface area (Å²) in [5.41, 5.74) is 0.488. The maximum atomic E-state index is 12.8. The molecule has 1 amide bonds. The van der Waals surface area contributed by atoms with E-state index < -0.39 is 0 Å². The van der Waals surface area contributed by atoms with Crippen LogP contribution in [-0.2, 0) is 0 Å². The monoisotopic (exact) mass is 221 g/mol. The van der Waals surface area contributed by atoms with Crippen LogP contribution in [0.3, 0.4) is 0 Å². The molecule has 3 heteroatoms. The van der Waals surface area contributed by atoms with E-state index in [1.165, 1.54) is 12.1 Å². The van der Waals surface area contributed by atoms with Crippen molar-refractivity contribution in [2.75, 3.05) is 6.54 Å². The second kappa shape index (κ2) is 3.89. The number of nitrogens with zero attached hydrogens (tertiary/aromatic N) is 1. The van der Waals surface area contributed by atoms with Gasteiger partial charge in [0.05, 0.1) is 0 Å². The van der Waals surface area contributed by atoms with Gasteiger partial charge >= 0.3 is 0 Å². The Morgan fingerprint density at radius 3 is 2.44 bits per heavy atom. The van der Waals surface area contributed by atoms with Crippen LogP contribution in [0.2, 0.25) is 0 Å². The molecule has 0 bridgehead atoms. The highest BCUT2D eigenvalue weighted by atomic mass is 19.1. The van der Waals surface area contributed by atoms with Crippen LogP contribution in [0.25, 0.3) is 0 Å². The Kier molecular flexibility index (Phi) is 2.70. The lowest BCUT2D eigenvalue weighted by atomic mass is 10.0. The summed E-state index contributed by atoms with van der Waals surface area (Å²) in [6, 6.07) is 5.75. The molecule has 1 heterocycles. The van der Waals surface area contributed by atoms with E-state index in [1.54, 1.807) is 12.1 Å². The van der Waals surface area contributed by atoms with Crippen molar-refractivity contribution in [2.45, 2.75) is 32.2 Å². The van der Waals surface area contributed by atoms with Crippen molar-refractivity contribution in [3.8, 4) is 0 Å². The van der Waals surface area contributed by atoms with E-state index in [9.17, 15) is 9.18 Å². The first kappa shape index (κ1) is 11.1. The molecule has 1 fully saturated rings. The lowest BCUT2D eigenvalue weighted by molar-refractivity contribution is 0.0652. The number of benzene rings is 1. The van der Waals surface area contributed by atoms with Crippen LogP contribution in [0.5, 0.6) is 0 Å². The largest absolute Gasteiger partial charge is 0.334 e. The third-order valence-electron chi connectivity index (χ3n) is 3.24. The smallest absolute Gasteiger partial charge is 0.254 e. The van der Waals surface area contributed by atoms with Crippen molar-refractivity contribution in [1.82, 2.24) is 4.90 Å². The lowest BCUT2D eigenvalue weighted by Gasteiger charge is -2.31. The zero-order chi connectivity index (χ0) is 11.8. The van der Waals surface area contributed by atoms with Crippen molar-refractivity contribution >= 4 is 5.91 Å². The zero-order valence-electron chi connectivity index (χ0n) is 9.66. The van der Waals surface area contributed by atoms with Crippen molar-refractivity contribution in [2.24, 2.45) is 0 Å². The summed E-state index contributed by atoms with van der Waals surface area (Å²) < 4.78 is 12.8. The van der Waals surface area contributed by atoms with Crippen molar-refractivity contribution < 1.29 is 9.18 Å². The summed E-state index contributed by atoms with van der Waals surface area (Å²) >= 11 is 0. The van der Waals surface area contributed by atoms with Crippen LogP contribution >= 0.6 is 0 Å². The molecule has 1 aliphatic heterocycles. The van der Waals surface area contributed by atoms with E-state index in [-0.39, 0.29) is 17.3 Å². The summed E-state index contributed by atoms with van der Waals surface area (Å²) in [6.07, 6.45) is 2.07. The Morgan fingerprint density at radius 1 is 1.31 bits per heavy atom. The average molecular weight is 221 g/mol. The fraction of sp³-hybridized carbons (Fsp3) is 0.462. The minimum Gasteiger partial charge on any atom is -0.334 e. The standard InChI is InChI=1S/C13H16FNO/c1-13(2)8-3-9-15(13)12(16)10-4-6-11(14)7-5-10/h4-7H,3,8-9H2,1-2H3. The van der Waals surface area contributed by atoms with Gasteiger partial charge in [-0.2, -0.15) is 0 Å². The molecular formula is C13H16FNO. The van der Waals surface area contributed by atoms with E-state index >= 15 is 0 Å². The molecule has 1 aromatic rings. The van der Waals surface area contributed by atoms with Crippen molar-refractivity contribution in [3.63, 3.8) is 0 Å². The Morgan fingerprint density at radius 2 is 1.94 bits per heavy atom. The molecule has 0 aliphatic carbocycles. The normalized spacial score (nSPS) is 18.8. The number of rotatable bonds is 1. The van der Waals surface area contributed by atoms with Gasteiger partial charge in [0.25, 0.3) is 5.91 Å². The highest BCUT2D eigenvalue weighted by Crippen LogP contribution is 2.29. The first-order valence-electron chi connectivity index (χ1n) is 5.58. The molecule has 0 saturated carbocycles. The van der Waals surface area contributed by atoms with Crippen LogP contribution in [0.15, 0.2) is 24.3 Å². The fourth-order valence-corrected chi connectivity index (χ4v) is 2.23. The molecule has 86 valence electrons. The first-order valence-corrected chi connectivity index (χ1v) is 5.58.